The third-order valence-electron chi connectivity index (χ3n) is 2.09. The second-order valence-electron chi connectivity index (χ2n) is 4.47. The van der Waals surface area contributed by atoms with Crippen LogP contribution in [0.5, 0.6) is 0 Å². The second-order valence-corrected chi connectivity index (χ2v) is 4.47. The molecule has 15 heavy (non-hydrogen) atoms. The maximum atomic E-state index is 11.6. The summed E-state index contributed by atoms with van der Waals surface area (Å²) in [4.78, 5) is 25.1. The van der Waals surface area contributed by atoms with Crippen molar-refractivity contribution in [3.63, 3.8) is 0 Å². The van der Waals surface area contributed by atoms with Crippen molar-refractivity contribution in [1.29, 1.82) is 0 Å². The summed E-state index contributed by atoms with van der Waals surface area (Å²) in [7, 11) is 0. The van der Waals surface area contributed by atoms with E-state index in [1.165, 1.54) is 6.07 Å². The first-order valence-electron chi connectivity index (χ1n) is 4.92. The van der Waals surface area contributed by atoms with Crippen LogP contribution in [-0.2, 0) is 12.0 Å². The fourth-order valence-corrected chi connectivity index (χ4v) is 1.61. The number of nitrogens with two attached hydrogens (primary N) is 1. The Balaban J connectivity index is 3.47. The number of H-pyrrole nitrogens is 1. The van der Waals surface area contributed by atoms with Gasteiger partial charge in [-0.3, -0.25) is 14.3 Å². The highest BCUT2D eigenvalue weighted by Crippen LogP contribution is 2.12. The summed E-state index contributed by atoms with van der Waals surface area (Å²) in [5.41, 5.74) is 5.02. The zero-order valence-corrected chi connectivity index (χ0v) is 9.33. The van der Waals surface area contributed by atoms with E-state index in [1.807, 2.05) is 20.8 Å². The molecule has 0 aliphatic heterocycles. The van der Waals surface area contributed by atoms with Crippen molar-refractivity contribution in [3.8, 4) is 0 Å². The Morgan fingerprint density at radius 1 is 1.40 bits per heavy atom. The standard InChI is InChI=1S/C10H17N3O2/c1-10(2,3)13-7(4-5-11)6-8(14)12-9(13)15/h6H,4-5,11H2,1-3H3,(H,12,14,15). The van der Waals surface area contributed by atoms with Crippen LogP contribution < -0.4 is 17.0 Å². The molecule has 0 saturated heterocycles. The average Bonchev–Trinajstić information content (AvgIpc) is 1.99. The van der Waals surface area contributed by atoms with Crippen LogP contribution in [0.4, 0.5) is 0 Å². The predicted octanol–water partition coefficient (Wildman–Crippen LogP) is -0.207. The smallest absolute Gasteiger partial charge is 0.329 e. The number of hydrogen-bond donors (Lipinski definition) is 2. The molecule has 1 aromatic rings. The van der Waals surface area contributed by atoms with E-state index in [0.29, 0.717) is 18.7 Å². The molecule has 5 nitrogen and oxygen atoms in total. The van der Waals surface area contributed by atoms with Crippen molar-refractivity contribution in [2.24, 2.45) is 5.73 Å². The highest BCUT2D eigenvalue weighted by molar-refractivity contribution is 5.05. The minimum absolute atomic E-state index is 0.355. The van der Waals surface area contributed by atoms with Gasteiger partial charge in [0.05, 0.1) is 0 Å². The van der Waals surface area contributed by atoms with Gasteiger partial charge in [-0.25, -0.2) is 4.79 Å². The quantitative estimate of drug-likeness (QED) is 0.710. The van der Waals surface area contributed by atoms with Crippen molar-refractivity contribution >= 4 is 0 Å². The largest absolute Gasteiger partial charge is 0.330 e. The van der Waals surface area contributed by atoms with Crippen molar-refractivity contribution in [2.75, 3.05) is 6.54 Å². The van der Waals surface area contributed by atoms with Gasteiger partial charge in [-0.15, -0.1) is 0 Å². The number of hydrogen-bond acceptors (Lipinski definition) is 3. The first kappa shape index (κ1) is 11.7. The van der Waals surface area contributed by atoms with E-state index in [2.05, 4.69) is 4.98 Å². The van der Waals surface area contributed by atoms with Crippen molar-refractivity contribution in [2.45, 2.75) is 32.7 Å². The molecule has 0 unspecified atom stereocenters. The van der Waals surface area contributed by atoms with Crippen LogP contribution in [0.15, 0.2) is 15.7 Å². The van der Waals surface area contributed by atoms with Crippen LogP contribution in [0, 0.1) is 0 Å². The number of nitrogens with zero attached hydrogens (tertiary/aromatic N) is 1. The number of nitrogens with one attached hydrogen (secondary N) is 1. The first-order valence-corrected chi connectivity index (χ1v) is 4.92. The first-order chi connectivity index (χ1) is 6.86. The Hall–Kier alpha value is -1.36. The van der Waals surface area contributed by atoms with Crippen LogP contribution >= 0.6 is 0 Å². The topological polar surface area (TPSA) is 80.9 Å². The third-order valence-corrected chi connectivity index (χ3v) is 2.09. The molecule has 0 aromatic carbocycles. The molecule has 0 amide bonds. The lowest BCUT2D eigenvalue weighted by atomic mass is 10.1. The van der Waals surface area contributed by atoms with E-state index in [0.717, 1.165) is 0 Å². The molecule has 0 radical (unpaired) electrons. The fraction of sp³-hybridized carbons (Fsp3) is 0.600. The molecule has 0 fully saturated rings. The summed E-state index contributed by atoms with van der Waals surface area (Å²) in [6.07, 6.45) is 0.524. The zero-order chi connectivity index (χ0) is 11.6. The van der Waals surface area contributed by atoms with E-state index < -0.39 is 0 Å². The van der Waals surface area contributed by atoms with Gasteiger partial charge >= 0.3 is 5.69 Å². The van der Waals surface area contributed by atoms with Gasteiger partial charge in [0.15, 0.2) is 0 Å². The van der Waals surface area contributed by atoms with Crippen LogP contribution in [0.25, 0.3) is 0 Å². The normalized spacial score (nSPS) is 11.7. The molecule has 0 bridgehead atoms. The van der Waals surface area contributed by atoms with Crippen LogP contribution in [0.2, 0.25) is 0 Å². The van der Waals surface area contributed by atoms with Crippen molar-refractivity contribution < 1.29 is 0 Å². The second kappa shape index (κ2) is 4.02. The van der Waals surface area contributed by atoms with E-state index >= 15 is 0 Å². The molecule has 0 aliphatic rings. The molecule has 1 aromatic heterocycles. The summed E-state index contributed by atoms with van der Waals surface area (Å²) in [5, 5.41) is 0. The Bertz CT molecular complexity index is 451. The summed E-state index contributed by atoms with van der Waals surface area (Å²) < 4.78 is 1.57. The van der Waals surface area contributed by atoms with E-state index in [4.69, 9.17) is 5.73 Å². The Labute approximate surface area is 87.9 Å². The lowest BCUT2D eigenvalue weighted by molar-refractivity contribution is 0.363. The summed E-state index contributed by atoms with van der Waals surface area (Å²) in [5.74, 6) is 0. The fourth-order valence-electron chi connectivity index (χ4n) is 1.61. The molecule has 0 aliphatic carbocycles. The van der Waals surface area contributed by atoms with Crippen LogP contribution in [0.3, 0.4) is 0 Å². The van der Waals surface area contributed by atoms with Gasteiger partial charge in [0.2, 0.25) is 0 Å². The molecule has 3 N–H and O–H groups in total. The van der Waals surface area contributed by atoms with Gasteiger partial charge in [-0.05, 0) is 27.3 Å². The van der Waals surface area contributed by atoms with Crippen molar-refractivity contribution in [3.05, 3.63) is 32.6 Å². The van der Waals surface area contributed by atoms with Crippen molar-refractivity contribution in [1.82, 2.24) is 9.55 Å². The number of aromatic amines is 1. The predicted molar refractivity (Wildman–Crippen MR) is 59.1 cm³/mol. The van der Waals surface area contributed by atoms with Gasteiger partial charge in [0, 0.05) is 23.7 Å². The van der Waals surface area contributed by atoms with E-state index in [1.54, 1.807) is 4.57 Å². The monoisotopic (exact) mass is 211 g/mol. The number of aromatic nitrogens is 2. The minimum atomic E-state index is -0.376. The molecule has 1 rings (SSSR count). The molecular weight excluding hydrogens is 194 g/mol. The molecular formula is C10H17N3O2. The molecule has 0 saturated carbocycles. The lowest BCUT2D eigenvalue weighted by Gasteiger charge is -2.25. The summed E-state index contributed by atoms with van der Waals surface area (Å²) >= 11 is 0. The van der Waals surface area contributed by atoms with Gasteiger partial charge in [0.25, 0.3) is 5.56 Å². The third kappa shape index (κ3) is 2.56. The minimum Gasteiger partial charge on any atom is -0.330 e. The Morgan fingerprint density at radius 3 is 2.47 bits per heavy atom. The van der Waals surface area contributed by atoms with E-state index in [-0.39, 0.29) is 16.8 Å². The van der Waals surface area contributed by atoms with Gasteiger partial charge in [0.1, 0.15) is 0 Å². The SMILES string of the molecule is CC(C)(C)n1c(CCN)cc(=O)[nH]c1=O. The Kier molecular flexibility index (Phi) is 3.14. The van der Waals surface area contributed by atoms with Crippen LogP contribution in [0.1, 0.15) is 26.5 Å². The maximum absolute atomic E-state index is 11.6. The number of rotatable bonds is 2. The lowest BCUT2D eigenvalue weighted by Crippen LogP contribution is -2.41. The molecule has 5 heteroatoms. The highest BCUT2D eigenvalue weighted by atomic mass is 16.2. The molecule has 1 heterocycles. The van der Waals surface area contributed by atoms with Gasteiger partial charge in [-0.2, -0.15) is 0 Å². The van der Waals surface area contributed by atoms with Gasteiger partial charge < -0.3 is 5.73 Å². The highest BCUT2D eigenvalue weighted by Gasteiger charge is 2.18. The average molecular weight is 211 g/mol. The zero-order valence-electron chi connectivity index (χ0n) is 9.33. The van der Waals surface area contributed by atoms with Gasteiger partial charge in [-0.1, -0.05) is 0 Å². The molecule has 0 spiro atoms. The maximum Gasteiger partial charge on any atom is 0.329 e. The molecule has 84 valence electrons. The summed E-state index contributed by atoms with van der Waals surface area (Å²) in [6.45, 7) is 6.14. The molecule has 0 atom stereocenters. The van der Waals surface area contributed by atoms with E-state index in [9.17, 15) is 9.59 Å². The van der Waals surface area contributed by atoms with Crippen LogP contribution in [-0.4, -0.2) is 16.1 Å². The summed E-state index contributed by atoms with van der Waals surface area (Å²) in [6, 6.07) is 1.43. The Morgan fingerprint density at radius 2 is 2.00 bits per heavy atom.